The highest BCUT2D eigenvalue weighted by Gasteiger charge is 2.52. The van der Waals surface area contributed by atoms with Crippen molar-refractivity contribution in [2.24, 2.45) is 11.8 Å². The Morgan fingerprint density at radius 2 is 1.50 bits per heavy atom. The predicted octanol–water partition coefficient (Wildman–Crippen LogP) is 3.68. The molecule has 0 aliphatic heterocycles. The molecule has 66 valence electrons. The highest BCUT2D eigenvalue weighted by molar-refractivity contribution is 6.53. The van der Waals surface area contributed by atoms with Crippen molar-refractivity contribution in [1.82, 2.24) is 0 Å². The monoisotopic (exact) mass is 202 g/mol. The van der Waals surface area contributed by atoms with Crippen LogP contribution in [0.15, 0.2) is 11.1 Å². The average molecular weight is 203 g/mol. The fourth-order valence-electron chi connectivity index (χ4n) is 2.11. The van der Waals surface area contributed by atoms with Crippen molar-refractivity contribution >= 4 is 23.2 Å². The topological polar surface area (TPSA) is 0 Å². The van der Waals surface area contributed by atoms with E-state index in [1.165, 1.54) is 31.3 Å². The van der Waals surface area contributed by atoms with Gasteiger partial charge in [0.1, 0.15) is 4.33 Å². The lowest BCUT2D eigenvalue weighted by Gasteiger charge is -2.02. The molecular weight excluding hydrogens is 191 g/mol. The molecule has 0 atom stereocenters. The second kappa shape index (κ2) is 2.22. The third-order valence-electron chi connectivity index (χ3n) is 3.10. The first-order valence-corrected chi connectivity index (χ1v) is 5.55. The first-order valence-electron chi connectivity index (χ1n) is 4.80. The number of rotatable bonds is 2. The maximum Gasteiger partial charge on any atom is 0.143 e. The molecule has 3 rings (SSSR count). The zero-order valence-corrected chi connectivity index (χ0v) is 8.46. The Balaban J connectivity index is 1.90. The van der Waals surface area contributed by atoms with Crippen LogP contribution in [0.5, 0.6) is 0 Å². The van der Waals surface area contributed by atoms with Gasteiger partial charge in [-0.1, -0.05) is 28.8 Å². The van der Waals surface area contributed by atoms with E-state index < -0.39 is 4.33 Å². The van der Waals surface area contributed by atoms with E-state index in [2.05, 4.69) is 0 Å². The maximum atomic E-state index is 6.05. The standard InChI is InChI=1S/C10H12Cl2/c11-10(12)5-8(10)9(6-1-2-6)7-3-4-7/h6-7H,1-5H2. The Morgan fingerprint density at radius 3 is 1.75 bits per heavy atom. The van der Waals surface area contributed by atoms with Crippen LogP contribution >= 0.6 is 23.2 Å². The van der Waals surface area contributed by atoms with Crippen molar-refractivity contribution in [2.45, 2.75) is 36.4 Å². The van der Waals surface area contributed by atoms with Crippen molar-refractivity contribution in [3.63, 3.8) is 0 Å². The van der Waals surface area contributed by atoms with Crippen LogP contribution in [0, 0.1) is 11.8 Å². The van der Waals surface area contributed by atoms with Gasteiger partial charge in [0, 0.05) is 6.42 Å². The Labute approximate surface area is 82.9 Å². The highest BCUT2D eigenvalue weighted by atomic mass is 35.5. The van der Waals surface area contributed by atoms with Crippen LogP contribution in [0.1, 0.15) is 32.1 Å². The molecule has 0 saturated heterocycles. The van der Waals surface area contributed by atoms with Crippen molar-refractivity contribution in [3.8, 4) is 0 Å². The molecule has 3 aliphatic carbocycles. The quantitative estimate of drug-likeness (QED) is 0.474. The van der Waals surface area contributed by atoms with E-state index in [0.29, 0.717) is 0 Å². The molecule has 3 fully saturated rings. The van der Waals surface area contributed by atoms with Gasteiger partial charge in [-0.25, -0.2) is 0 Å². The first kappa shape index (κ1) is 7.70. The highest BCUT2D eigenvalue weighted by Crippen LogP contribution is 2.61. The first-order chi connectivity index (χ1) is 5.68. The third-order valence-corrected chi connectivity index (χ3v) is 3.82. The molecule has 0 bridgehead atoms. The Kier molecular flexibility index (Phi) is 1.42. The Hall–Kier alpha value is 0.320. The van der Waals surface area contributed by atoms with Gasteiger partial charge in [0.25, 0.3) is 0 Å². The molecule has 12 heavy (non-hydrogen) atoms. The van der Waals surface area contributed by atoms with Crippen LogP contribution in [-0.4, -0.2) is 4.33 Å². The van der Waals surface area contributed by atoms with Gasteiger partial charge in [-0.3, -0.25) is 0 Å². The van der Waals surface area contributed by atoms with Gasteiger partial charge in [-0.15, -0.1) is 0 Å². The number of alkyl halides is 2. The van der Waals surface area contributed by atoms with Crippen molar-refractivity contribution in [2.75, 3.05) is 0 Å². The van der Waals surface area contributed by atoms with Gasteiger partial charge in [-0.05, 0) is 43.1 Å². The fraction of sp³-hybridized carbons (Fsp3) is 0.800. The van der Waals surface area contributed by atoms with Gasteiger partial charge in [0.05, 0.1) is 0 Å². The number of allylic oxidation sites excluding steroid dienone is 2. The van der Waals surface area contributed by atoms with Crippen LogP contribution in [0.4, 0.5) is 0 Å². The van der Waals surface area contributed by atoms with E-state index >= 15 is 0 Å². The van der Waals surface area contributed by atoms with Crippen LogP contribution in [0.2, 0.25) is 0 Å². The Morgan fingerprint density at radius 1 is 1.08 bits per heavy atom. The van der Waals surface area contributed by atoms with E-state index in [0.717, 1.165) is 18.3 Å². The second-order valence-corrected chi connectivity index (χ2v) is 5.85. The molecule has 0 spiro atoms. The van der Waals surface area contributed by atoms with Gasteiger partial charge >= 0.3 is 0 Å². The van der Waals surface area contributed by atoms with Gasteiger partial charge in [0.2, 0.25) is 0 Å². The lowest BCUT2D eigenvalue weighted by Crippen LogP contribution is -1.92. The van der Waals surface area contributed by atoms with E-state index in [1.807, 2.05) is 0 Å². The molecule has 2 heteroatoms. The average Bonchev–Trinajstić information content (AvgIpc) is 2.80. The zero-order valence-electron chi connectivity index (χ0n) is 6.95. The molecule has 0 unspecified atom stereocenters. The molecule has 0 radical (unpaired) electrons. The van der Waals surface area contributed by atoms with Crippen LogP contribution in [-0.2, 0) is 0 Å². The summed E-state index contributed by atoms with van der Waals surface area (Å²) in [6.45, 7) is 0. The van der Waals surface area contributed by atoms with Crippen molar-refractivity contribution in [3.05, 3.63) is 11.1 Å². The van der Waals surface area contributed by atoms with E-state index in [1.54, 1.807) is 5.57 Å². The molecule has 0 amide bonds. The molecular formula is C10H12Cl2. The van der Waals surface area contributed by atoms with Crippen LogP contribution in [0.25, 0.3) is 0 Å². The minimum Gasteiger partial charge on any atom is -0.0963 e. The molecule has 3 saturated carbocycles. The lowest BCUT2D eigenvalue weighted by atomic mass is 10.1. The van der Waals surface area contributed by atoms with E-state index in [9.17, 15) is 0 Å². The Bertz CT molecular complexity index is 243. The smallest absolute Gasteiger partial charge is 0.0963 e. The SMILES string of the molecule is ClC1(Cl)CC1=C(C1CC1)C1CC1. The summed E-state index contributed by atoms with van der Waals surface area (Å²) < 4.78 is -0.444. The summed E-state index contributed by atoms with van der Waals surface area (Å²) in [7, 11) is 0. The summed E-state index contributed by atoms with van der Waals surface area (Å²) >= 11 is 12.1. The van der Waals surface area contributed by atoms with Crippen molar-refractivity contribution < 1.29 is 0 Å². The molecule has 3 aliphatic rings. The zero-order chi connectivity index (χ0) is 8.34. The maximum absolute atomic E-state index is 6.05. The van der Waals surface area contributed by atoms with Crippen LogP contribution < -0.4 is 0 Å². The predicted molar refractivity (Wildman–Crippen MR) is 51.5 cm³/mol. The molecule has 0 aromatic heterocycles. The summed E-state index contributed by atoms with van der Waals surface area (Å²) in [4.78, 5) is 0. The molecule has 0 aromatic carbocycles. The van der Waals surface area contributed by atoms with E-state index in [4.69, 9.17) is 23.2 Å². The minimum atomic E-state index is -0.444. The summed E-state index contributed by atoms with van der Waals surface area (Å²) in [6.07, 6.45) is 6.50. The molecule has 0 nitrogen and oxygen atoms in total. The largest absolute Gasteiger partial charge is 0.143 e. The molecule has 0 aromatic rings. The summed E-state index contributed by atoms with van der Waals surface area (Å²) in [5.74, 6) is 1.76. The van der Waals surface area contributed by atoms with Gasteiger partial charge in [0.15, 0.2) is 0 Å². The summed E-state index contributed by atoms with van der Waals surface area (Å²) in [5.41, 5.74) is 3.05. The lowest BCUT2D eigenvalue weighted by molar-refractivity contribution is 0.848. The third kappa shape index (κ3) is 1.20. The second-order valence-electron chi connectivity index (χ2n) is 4.36. The van der Waals surface area contributed by atoms with Gasteiger partial charge < -0.3 is 0 Å². The minimum absolute atomic E-state index is 0.444. The molecule has 0 N–H and O–H groups in total. The van der Waals surface area contributed by atoms with Crippen LogP contribution in [0.3, 0.4) is 0 Å². The summed E-state index contributed by atoms with van der Waals surface area (Å²) in [5, 5.41) is 0. The summed E-state index contributed by atoms with van der Waals surface area (Å²) in [6, 6.07) is 0. The normalized spacial score (nSPS) is 32.0. The molecule has 0 heterocycles. The number of hydrogen-bond acceptors (Lipinski definition) is 0. The van der Waals surface area contributed by atoms with E-state index in [-0.39, 0.29) is 0 Å². The van der Waals surface area contributed by atoms with Gasteiger partial charge in [-0.2, -0.15) is 0 Å². The fourth-order valence-corrected chi connectivity index (χ4v) is 2.59. The number of halogens is 2. The number of hydrogen-bond donors (Lipinski definition) is 0. The van der Waals surface area contributed by atoms with Crippen molar-refractivity contribution in [1.29, 1.82) is 0 Å².